The lowest BCUT2D eigenvalue weighted by molar-refractivity contribution is -0.0835. The highest BCUT2D eigenvalue weighted by atomic mass is 127. The molecule has 1 aliphatic heterocycles. The molecule has 142 valence electrons. The highest BCUT2D eigenvalue weighted by Crippen LogP contribution is 2.34. The molecule has 2 atom stereocenters. The predicted molar refractivity (Wildman–Crippen MR) is 110 cm³/mol. The van der Waals surface area contributed by atoms with Gasteiger partial charge in [-0.05, 0) is 44.4 Å². The van der Waals surface area contributed by atoms with Crippen molar-refractivity contribution in [3.63, 3.8) is 0 Å². The molecule has 0 radical (unpaired) electrons. The molecule has 2 rings (SSSR count). The molecule has 0 aromatic heterocycles. The van der Waals surface area contributed by atoms with Crippen LogP contribution < -0.4 is 10.6 Å². The first kappa shape index (κ1) is 22.0. The summed E-state index contributed by atoms with van der Waals surface area (Å²) in [7, 11) is 0. The Morgan fingerprint density at radius 3 is 2.50 bits per heavy atom. The number of rotatable bonds is 5. The van der Waals surface area contributed by atoms with Crippen LogP contribution >= 0.6 is 24.0 Å². The molecule has 1 saturated heterocycles. The number of aliphatic hydroxyl groups is 1. The van der Waals surface area contributed by atoms with E-state index in [0.717, 1.165) is 51.3 Å². The molecule has 2 unspecified atom stereocenters. The van der Waals surface area contributed by atoms with Gasteiger partial charge in [-0.15, -0.1) is 24.0 Å². The first-order valence-corrected chi connectivity index (χ1v) is 9.20. The van der Waals surface area contributed by atoms with E-state index in [1.807, 2.05) is 0 Å². The molecule has 1 aliphatic carbocycles. The first-order chi connectivity index (χ1) is 10.8. The molecule has 0 amide bonds. The standard InChI is InChI=1S/C18H35N3O2.HI/c1-5-19-16(21-13-18(22)9-7-10-18)20-12-14-8-6-11-23-15(14)17(2,3)4;/h14-15,22H,5-13H2,1-4H3,(H2,19,20,21);1H. The maximum Gasteiger partial charge on any atom is 0.191 e. The third-order valence-corrected chi connectivity index (χ3v) is 4.99. The van der Waals surface area contributed by atoms with Crippen LogP contribution in [0.25, 0.3) is 0 Å². The van der Waals surface area contributed by atoms with Crippen LogP contribution in [-0.2, 0) is 4.74 Å². The molecule has 0 spiro atoms. The lowest BCUT2D eigenvalue weighted by atomic mass is 9.78. The first-order valence-electron chi connectivity index (χ1n) is 9.20. The van der Waals surface area contributed by atoms with Crippen molar-refractivity contribution in [3.05, 3.63) is 0 Å². The van der Waals surface area contributed by atoms with E-state index >= 15 is 0 Å². The monoisotopic (exact) mass is 453 g/mol. The van der Waals surface area contributed by atoms with Crippen LogP contribution in [0.1, 0.15) is 59.8 Å². The van der Waals surface area contributed by atoms with Crippen molar-refractivity contribution in [3.8, 4) is 0 Å². The fraction of sp³-hybridized carbons (Fsp3) is 0.944. The van der Waals surface area contributed by atoms with Gasteiger partial charge in [0.1, 0.15) is 0 Å². The Morgan fingerprint density at radius 2 is 1.96 bits per heavy atom. The lowest BCUT2D eigenvalue weighted by Crippen LogP contribution is -2.48. The van der Waals surface area contributed by atoms with Crippen LogP contribution in [0, 0.1) is 11.3 Å². The van der Waals surface area contributed by atoms with Crippen LogP contribution in [0.2, 0.25) is 0 Å². The summed E-state index contributed by atoms with van der Waals surface area (Å²) in [5.41, 5.74) is -0.409. The molecule has 6 heteroatoms. The van der Waals surface area contributed by atoms with Crippen LogP contribution in [0.4, 0.5) is 0 Å². The molecular weight excluding hydrogens is 417 g/mol. The third-order valence-electron chi connectivity index (χ3n) is 4.99. The Kier molecular flexibility index (Phi) is 8.76. The Bertz CT molecular complexity index is 406. The van der Waals surface area contributed by atoms with Gasteiger partial charge < -0.3 is 20.5 Å². The highest BCUT2D eigenvalue weighted by molar-refractivity contribution is 14.0. The van der Waals surface area contributed by atoms with E-state index in [-0.39, 0.29) is 35.5 Å². The van der Waals surface area contributed by atoms with Crippen molar-refractivity contribution >= 4 is 29.9 Å². The van der Waals surface area contributed by atoms with Gasteiger partial charge in [0.2, 0.25) is 0 Å². The second kappa shape index (κ2) is 9.57. The predicted octanol–water partition coefficient (Wildman–Crippen LogP) is 2.92. The summed E-state index contributed by atoms with van der Waals surface area (Å²) in [6.07, 6.45) is 5.46. The normalized spacial score (nSPS) is 27.0. The van der Waals surface area contributed by atoms with Crippen LogP contribution in [-0.4, -0.2) is 49.0 Å². The van der Waals surface area contributed by atoms with E-state index < -0.39 is 5.60 Å². The van der Waals surface area contributed by atoms with E-state index in [0.29, 0.717) is 12.5 Å². The van der Waals surface area contributed by atoms with E-state index in [9.17, 15) is 5.11 Å². The summed E-state index contributed by atoms with van der Waals surface area (Å²) < 4.78 is 6.05. The number of ether oxygens (including phenoxy) is 1. The molecule has 1 saturated carbocycles. The number of nitrogens with one attached hydrogen (secondary N) is 2. The molecule has 0 aromatic rings. The third kappa shape index (κ3) is 6.33. The van der Waals surface area contributed by atoms with Crippen molar-refractivity contribution < 1.29 is 9.84 Å². The summed E-state index contributed by atoms with van der Waals surface area (Å²) in [5, 5.41) is 17.0. The van der Waals surface area contributed by atoms with Gasteiger partial charge in [-0.2, -0.15) is 0 Å². The summed E-state index contributed by atoms with van der Waals surface area (Å²) in [6, 6.07) is 0. The van der Waals surface area contributed by atoms with Crippen molar-refractivity contribution in [1.82, 2.24) is 10.6 Å². The maximum absolute atomic E-state index is 10.2. The maximum atomic E-state index is 10.2. The molecule has 0 aromatic carbocycles. The van der Waals surface area contributed by atoms with E-state index in [2.05, 4.69) is 43.3 Å². The van der Waals surface area contributed by atoms with Gasteiger partial charge in [-0.25, -0.2) is 0 Å². The van der Waals surface area contributed by atoms with E-state index in [4.69, 9.17) is 4.74 Å². The molecule has 5 nitrogen and oxygen atoms in total. The number of hydrogen-bond acceptors (Lipinski definition) is 3. The topological polar surface area (TPSA) is 65.9 Å². The molecule has 2 fully saturated rings. The minimum Gasteiger partial charge on any atom is -0.388 e. The van der Waals surface area contributed by atoms with E-state index in [1.54, 1.807) is 0 Å². The fourth-order valence-electron chi connectivity index (χ4n) is 3.55. The number of aliphatic imine (C=N–C) groups is 1. The zero-order valence-corrected chi connectivity index (χ0v) is 18.1. The van der Waals surface area contributed by atoms with Gasteiger partial charge in [0.25, 0.3) is 0 Å². The number of hydrogen-bond donors (Lipinski definition) is 3. The Morgan fingerprint density at radius 1 is 1.25 bits per heavy atom. The molecule has 24 heavy (non-hydrogen) atoms. The van der Waals surface area contributed by atoms with Crippen molar-refractivity contribution in [2.75, 3.05) is 26.2 Å². The van der Waals surface area contributed by atoms with Crippen LogP contribution in [0.15, 0.2) is 4.99 Å². The second-order valence-electron chi connectivity index (χ2n) is 8.21. The van der Waals surface area contributed by atoms with Gasteiger partial charge in [0, 0.05) is 25.6 Å². The van der Waals surface area contributed by atoms with Crippen molar-refractivity contribution in [1.29, 1.82) is 0 Å². The average molecular weight is 453 g/mol. The molecule has 2 aliphatic rings. The van der Waals surface area contributed by atoms with Gasteiger partial charge in [0.05, 0.1) is 18.2 Å². The smallest absolute Gasteiger partial charge is 0.191 e. The summed E-state index contributed by atoms with van der Waals surface area (Å²) in [4.78, 5) is 4.58. The quantitative estimate of drug-likeness (QED) is 0.340. The lowest BCUT2D eigenvalue weighted by Gasteiger charge is -2.40. The molecule has 0 bridgehead atoms. The summed E-state index contributed by atoms with van der Waals surface area (Å²) in [5.74, 6) is 1.31. The fourth-order valence-corrected chi connectivity index (χ4v) is 3.55. The Hall–Kier alpha value is -0.0800. The molecule has 3 N–H and O–H groups in total. The number of halogens is 1. The zero-order chi connectivity index (χ0) is 16.9. The van der Waals surface area contributed by atoms with Crippen molar-refractivity contribution in [2.24, 2.45) is 16.3 Å². The van der Waals surface area contributed by atoms with Crippen molar-refractivity contribution in [2.45, 2.75) is 71.5 Å². The van der Waals surface area contributed by atoms with Gasteiger partial charge >= 0.3 is 0 Å². The Balaban J connectivity index is 0.00000288. The van der Waals surface area contributed by atoms with Gasteiger partial charge in [-0.3, -0.25) is 4.99 Å². The van der Waals surface area contributed by atoms with E-state index in [1.165, 1.54) is 6.42 Å². The van der Waals surface area contributed by atoms with Gasteiger partial charge in [-0.1, -0.05) is 20.8 Å². The highest BCUT2D eigenvalue weighted by Gasteiger charge is 2.36. The number of guanidine groups is 1. The summed E-state index contributed by atoms with van der Waals surface area (Å²) in [6.45, 7) is 11.9. The molecular formula is C18H36IN3O2. The zero-order valence-electron chi connectivity index (χ0n) is 15.7. The van der Waals surface area contributed by atoms with Gasteiger partial charge in [0.15, 0.2) is 5.96 Å². The second-order valence-corrected chi connectivity index (χ2v) is 8.21. The summed E-state index contributed by atoms with van der Waals surface area (Å²) >= 11 is 0. The average Bonchev–Trinajstić information content (AvgIpc) is 2.47. The molecule has 1 heterocycles. The van der Waals surface area contributed by atoms with Crippen LogP contribution in [0.3, 0.4) is 0 Å². The van der Waals surface area contributed by atoms with Crippen LogP contribution in [0.5, 0.6) is 0 Å². The SMILES string of the molecule is CCNC(=NCC1(O)CCC1)NCC1CCCOC1C(C)(C)C.I. The Labute approximate surface area is 164 Å². The minimum absolute atomic E-state index is 0. The largest absolute Gasteiger partial charge is 0.388 e. The number of nitrogens with zero attached hydrogens (tertiary/aromatic N) is 1. The minimum atomic E-state index is -0.565.